The van der Waals surface area contributed by atoms with Crippen molar-refractivity contribution in [1.29, 1.82) is 0 Å². The molecule has 3 aromatic rings. The number of ether oxygens (including phenoxy) is 2. The van der Waals surface area contributed by atoms with Gasteiger partial charge in [-0.05, 0) is 51.1 Å². The topological polar surface area (TPSA) is 93.9 Å². The molecule has 1 aliphatic rings. The van der Waals surface area contributed by atoms with E-state index >= 15 is 0 Å². The summed E-state index contributed by atoms with van der Waals surface area (Å²) in [5.41, 5.74) is 2.75. The maximum absolute atomic E-state index is 12.9. The molecule has 0 radical (unpaired) electrons. The quantitative estimate of drug-likeness (QED) is 0.603. The Morgan fingerprint density at radius 3 is 2.69 bits per heavy atom. The fraction of sp³-hybridized carbons (Fsp3) is 0.292. The van der Waals surface area contributed by atoms with Crippen molar-refractivity contribution in [2.45, 2.75) is 39.8 Å². The van der Waals surface area contributed by atoms with Gasteiger partial charge in [0.05, 0.1) is 31.0 Å². The number of aryl methyl sites for hydroxylation is 2. The van der Waals surface area contributed by atoms with Crippen LogP contribution in [0.1, 0.15) is 30.4 Å². The number of nitrogens with one attached hydrogen (secondary N) is 1. The number of amides is 2. The molecule has 1 N–H and O–H groups in total. The number of fused-ring (bicyclic) bond motifs is 1. The highest BCUT2D eigenvalue weighted by Gasteiger charge is 2.33. The van der Waals surface area contributed by atoms with Crippen molar-refractivity contribution in [3.63, 3.8) is 0 Å². The van der Waals surface area contributed by atoms with Crippen LogP contribution in [0.25, 0.3) is 0 Å². The first-order valence-corrected chi connectivity index (χ1v) is 10.4. The van der Waals surface area contributed by atoms with Gasteiger partial charge in [0, 0.05) is 11.3 Å². The van der Waals surface area contributed by atoms with Crippen LogP contribution in [0, 0.1) is 13.8 Å². The molecule has 0 spiro atoms. The van der Waals surface area contributed by atoms with Crippen LogP contribution in [-0.4, -0.2) is 29.7 Å². The fourth-order valence-corrected chi connectivity index (χ4v) is 3.54. The van der Waals surface area contributed by atoms with E-state index < -0.39 is 6.10 Å². The molecule has 1 atom stereocenters. The van der Waals surface area contributed by atoms with Gasteiger partial charge >= 0.3 is 0 Å². The lowest BCUT2D eigenvalue weighted by atomic mass is 10.1. The molecule has 32 heavy (non-hydrogen) atoms. The Kier molecular flexibility index (Phi) is 6.11. The zero-order valence-electron chi connectivity index (χ0n) is 18.3. The lowest BCUT2D eigenvalue weighted by molar-refractivity contribution is -0.125. The number of hydrogen-bond acceptors (Lipinski definition) is 6. The minimum Gasteiger partial charge on any atom is -0.493 e. The number of anilines is 2. The van der Waals surface area contributed by atoms with E-state index in [1.807, 2.05) is 44.2 Å². The molecule has 2 aromatic carbocycles. The van der Waals surface area contributed by atoms with E-state index in [4.69, 9.17) is 14.0 Å². The molecule has 166 valence electrons. The Labute approximate surface area is 186 Å². The van der Waals surface area contributed by atoms with Crippen molar-refractivity contribution in [3.05, 3.63) is 65.5 Å². The van der Waals surface area contributed by atoms with E-state index in [1.165, 1.54) is 0 Å². The number of carbonyl (C=O) groups is 2. The lowest BCUT2D eigenvalue weighted by Gasteiger charge is -2.33. The van der Waals surface area contributed by atoms with Crippen molar-refractivity contribution in [2.24, 2.45) is 0 Å². The molecule has 1 aromatic heterocycles. The SMILES string of the molecule is Cc1noc(C)c1CN1C(=O)C(C)Oc2ccc(NC(=O)CCOc3ccccc3)cc21. The molecule has 2 heterocycles. The molecule has 0 saturated carbocycles. The normalized spacial score (nSPS) is 15.2. The maximum Gasteiger partial charge on any atom is 0.268 e. The molecular formula is C24H25N3O5. The van der Waals surface area contributed by atoms with Crippen LogP contribution in [0.4, 0.5) is 11.4 Å². The summed E-state index contributed by atoms with van der Waals surface area (Å²) >= 11 is 0. The zero-order chi connectivity index (χ0) is 22.7. The van der Waals surface area contributed by atoms with Gasteiger partial charge in [-0.2, -0.15) is 0 Å². The predicted molar refractivity (Wildman–Crippen MR) is 119 cm³/mol. The number of rotatable bonds is 7. The van der Waals surface area contributed by atoms with Gasteiger partial charge < -0.3 is 24.2 Å². The third kappa shape index (κ3) is 4.59. The van der Waals surface area contributed by atoms with Crippen LogP contribution in [-0.2, 0) is 16.1 Å². The largest absolute Gasteiger partial charge is 0.493 e. The van der Waals surface area contributed by atoms with Crippen molar-refractivity contribution < 1.29 is 23.6 Å². The molecule has 1 unspecified atom stereocenters. The monoisotopic (exact) mass is 435 g/mol. The van der Waals surface area contributed by atoms with Crippen LogP contribution in [0.15, 0.2) is 53.1 Å². The summed E-state index contributed by atoms with van der Waals surface area (Å²) in [6, 6.07) is 14.6. The summed E-state index contributed by atoms with van der Waals surface area (Å²) in [6.45, 7) is 5.95. The first kappa shape index (κ1) is 21.4. The third-order valence-electron chi connectivity index (χ3n) is 5.29. The van der Waals surface area contributed by atoms with E-state index in [2.05, 4.69) is 10.5 Å². The Bertz CT molecular complexity index is 1110. The number of benzene rings is 2. The second kappa shape index (κ2) is 9.13. The molecule has 8 nitrogen and oxygen atoms in total. The zero-order valence-corrected chi connectivity index (χ0v) is 18.3. The Hall–Kier alpha value is -3.81. The summed E-state index contributed by atoms with van der Waals surface area (Å²) < 4.78 is 16.6. The summed E-state index contributed by atoms with van der Waals surface area (Å²) in [6.07, 6.45) is -0.417. The summed E-state index contributed by atoms with van der Waals surface area (Å²) in [5.74, 6) is 1.61. The van der Waals surface area contributed by atoms with Gasteiger partial charge in [0.2, 0.25) is 5.91 Å². The summed E-state index contributed by atoms with van der Waals surface area (Å²) in [5, 5.41) is 6.84. The predicted octanol–water partition coefficient (Wildman–Crippen LogP) is 4.01. The average molecular weight is 435 g/mol. The molecule has 2 amide bonds. The number of hydrogen-bond donors (Lipinski definition) is 1. The van der Waals surface area contributed by atoms with Gasteiger partial charge in [0.25, 0.3) is 5.91 Å². The Morgan fingerprint density at radius 2 is 1.97 bits per heavy atom. The van der Waals surface area contributed by atoms with Crippen molar-refractivity contribution >= 4 is 23.2 Å². The molecular weight excluding hydrogens is 410 g/mol. The van der Waals surface area contributed by atoms with E-state index in [-0.39, 0.29) is 24.8 Å². The molecule has 1 aliphatic heterocycles. The van der Waals surface area contributed by atoms with Gasteiger partial charge in [-0.3, -0.25) is 9.59 Å². The number of nitrogens with zero attached hydrogens (tertiary/aromatic N) is 2. The number of aromatic nitrogens is 1. The average Bonchev–Trinajstić information content (AvgIpc) is 3.10. The van der Waals surface area contributed by atoms with E-state index in [0.29, 0.717) is 35.2 Å². The lowest BCUT2D eigenvalue weighted by Crippen LogP contribution is -2.44. The first-order chi connectivity index (χ1) is 15.4. The molecule has 8 heteroatoms. The minimum atomic E-state index is -0.612. The van der Waals surface area contributed by atoms with Crippen molar-refractivity contribution in [1.82, 2.24) is 5.16 Å². The highest BCUT2D eigenvalue weighted by atomic mass is 16.5. The number of para-hydroxylation sites is 1. The second-order valence-electron chi connectivity index (χ2n) is 7.63. The van der Waals surface area contributed by atoms with Crippen LogP contribution in [0.3, 0.4) is 0 Å². The van der Waals surface area contributed by atoms with E-state index in [1.54, 1.807) is 30.0 Å². The molecule has 0 fully saturated rings. The van der Waals surface area contributed by atoms with Crippen LogP contribution < -0.4 is 19.7 Å². The maximum atomic E-state index is 12.9. The van der Waals surface area contributed by atoms with Crippen molar-refractivity contribution in [3.8, 4) is 11.5 Å². The van der Waals surface area contributed by atoms with Gasteiger partial charge in [-0.1, -0.05) is 23.4 Å². The Balaban J connectivity index is 1.47. The highest BCUT2D eigenvalue weighted by molar-refractivity contribution is 6.01. The third-order valence-corrected chi connectivity index (χ3v) is 5.29. The van der Waals surface area contributed by atoms with Gasteiger partial charge in [0.15, 0.2) is 6.10 Å². The fourth-order valence-electron chi connectivity index (χ4n) is 3.54. The summed E-state index contributed by atoms with van der Waals surface area (Å²) in [7, 11) is 0. The highest BCUT2D eigenvalue weighted by Crippen LogP contribution is 2.37. The molecule has 0 aliphatic carbocycles. The summed E-state index contributed by atoms with van der Waals surface area (Å²) in [4.78, 5) is 26.9. The molecule has 0 saturated heterocycles. The second-order valence-corrected chi connectivity index (χ2v) is 7.63. The molecule has 4 rings (SSSR count). The van der Waals surface area contributed by atoms with Crippen LogP contribution >= 0.6 is 0 Å². The van der Waals surface area contributed by atoms with Gasteiger partial charge in [-0.25, -0.2) is 0 Å². The van der Waals surface area contributed by atoms with Gasteiger partial charge in [0.1, 0.15) is 17.3 Å². The van der Waals surface area contributed by atoms with E-state index in [9.17, 15) is 9.59 Å². The molecule has 0 bridgehead atoms. The Morgan fingerprint density at radius 1 is 1.19 bits per heavy atom. The van der Waals surface area contributed by atoms with Crippen LogP contribution in [0.5, 0.6) is 11.5 Å². The smallest absolute Gasteiger partial charge is 0.268 e. The standard InChI is InChI=1S/C24H25N3O5/c1-15-20(16(2)32-26-15)14-27-21-13-18(9-10-22(21)31-17(3)24(27)29)25-23(28)11-12-30-19-7-5-4-6-8-19/h4-10,13,17H,11-12,14H2,1-3H3,(H,25,28). The number of carbonyl (C=O) groups excluding carboxylic acids is 2. The van der Waals surface area contributed by atoms with Crippen LogP contribution in [0.2, 0.25) is 0 Å². The van der Waals surface area contributed by atoms with Gasteiger partial charge in [-0.15, -0.1) is 0 Å². The minimum absolute atomic E-state index is 0.169. The first-order valence-electron chi connectivity index (χ1n) is 10.4. The van der Waals surface area contributed by atoms with E-state index in [0.717, 1.165) is 11.3 Å². The van der Waals surface area contributed by atoms with Crippen molar-refractivity contribution in [2.75, 3.05) is 16.8 Å².